The summed E-state index contributed by atoms with van der Waals surface area (Å²) in [7, 11) is 0. The molecule has 1 aromatic carbocycles. The van der Waals surface area contributed by atoms with Gasteiger partial charge in [0, 0.05) is 18.5 Å². The molecule has 98 valence electrons. The molecule has 1 heterocycles. The minimum atomic E-state index is -0.309. The molecule has 2 rings (SSSR count). The Kier molecular flexibility index (Phi) is 4.13. The van der Waals surface area contributed by atoms with Gasteiger partial charge in [-0.1, -0.05) is 17.7 Å². The number of carbonyl (C=O) groups is 1. The zero-order valence-corrected chi connectivity index (χ0v) is 11.0. The molecule has 0 aliphatic rings. The number of hydrogen-bond donors (Lipinski definition) is 0. The highest BCUT2D eigenvalue weighted by atomic mass is 16.5. The highest BCUT2D eigenvalue weighted by molar-refractivity contribution is 5.82. The normalized spacial score (nSPS) is 10.0. The zero-order valence-electron chi connectivity index (χ0n) is 11.0. The first-order valence-corrected chi connectivity index (χ1v) is 6.06. The van der Waals surface area contributed by atoms with Crippen molar-refractivity contribution in [2.45, 2.75) is 20.5 Å². The molecule has 0 fully saturated rings. The lowest BCUT2D eigenvalue weighted by Gasteiger charge is -2.05. The number of nitrogens with zero attached hydrogens (tertiary/aromatic N) is 2. The van der Waals surface area contributed by atoms with Gasteiger partial charge in [0.2, 0.25) is 0 Å². The number of aromatic nitrogens is 2. The Bertz CT molecular complexity index is 565. The molecule has 0 aliphatic carbocycles. The van der Waals surface area contributed by atoms with Crippen LogP contribution < -0.4 is 0 Å². The molecule has 0 saturated carbocycles. The SMILES string of the molecule is CC(C)=CC(=O)OCc1ccc(-n2cccn2)cc1. The fourth-order valence-electron chi connectivity index (χ4n) is 1.60. The van der Waals surface area contributed by atoms with Crippen LogP contribution in [0, 0.1) is 0 Å². The van der Waals surface area contributed by atoms with Crippen molar-refractivity contribution in [2.75, 3.05) is 0 Å². The van der Waals surface area contributed by atoms with Crippen molar-refractivity contribution in [2.24, 2.45) is 0 Å². The number of esters is 1. The van der Waals surface area contributed by atoms with Crippen molar-refractivity contribution in [1.82, 2.24) is 9.78 Å². The molecule has 0 amide bonds. The molecule has 0 spiro atoms. The average molecular weight is 256 g/mol. The van der Waals surface area contributed by atoms with Crippen LogP contribution in [0.4, 0.5) is 0 Å². The second-order valence-corrected chi connectivity index (χ2v) is 4.45. The number of carbonyl (C=O) groups excluding carboxylic acids is 1. The van der Waals surface area contributed by atoms with Crippen LogP contribution in [0.2, 0.25) is 0 Å². The van der Waals surface area contributed by atoms with E-state index in [4.69, 9.17) is 4.74 Å². The topological polar surface area (TPSA) is 44.1 Å². The van der Waals surface area contributed by atoms with Crippen LogP contribution in [-0.4, -0.2) is 15.7 Å². The molecule has 0 N–H and O–H groups in total. The molecular weight excluding hydrogens is 240 g/mol. The van der Waals surface area contributed by atoms with E-state index >= 15 is 0 Å². The van der Waals surface area contributed by atoms with E-state index in [2.05, 4.69) is 5.10 Å². The maximum absolute atomic E-state index is 11.4. The molecular formula is C15H16N2O2. The molecule has 0 atom stereocenters. The number of rotatable bonds is 4. The number of allylic oxidation sites excluding steroid dienone is 1. The fourth-order valence-corrected chi connectivity index (χ4v) is 1.60. The Labute approximate surface area is 112 Å². The van der Waals surface area contributed by atoms with E-state index in [-0.39, 0.29) is 12.6 Å². The maximum Gasteiger partial charge on any atom is 0.331 e. The van der Waals surface area contributed by atoms with Crippen molar-refractivity contribution in [3.8, 4) is 5.69 Å². The molecule has 19 heavy (non-hydrogen) atoms. The first-order chi connectivity index (χ1) is 9.15. The summed E-state index contributed by atoms with van der Waals surface area (Å²) in [5.41, 5.74) is 2.86. The van der Waals surface area contributed by atoms with E-state index in [1.807, 2.05) is 50.4 Å². The summed E-state index contributed by atoms with van der Waals surface area (Å²) in [4.78, 5) is 11.4. The summed E-state index contributed by atoms with van der Waals surface area (Å²) < 4.78 is 6.91. The number of hydrogen-bond acceptors (Lipinski definition) is 3. The van der Waals surface area contributed by atoms with E-state index in [1.54, 1.807) is 10.9 Å². The standard InChI is InChI=1S/C15H16N2O2/c1-12(2)10-15(18)19-11-13-4-6-14(7-5-13)17-9-3-8-16-17/h3-10H,11H2,1-2H3. The third kappa shape index (κ3) is 3.81. The van der Waals surface area contributed by atoms with Crippen LogP contribution in [0.15, 0.2) is 54.4 Å². The van der Waals surface area contributed by atoms with E-state index in [0.717, 1.165) is 16.8 Å². The summed E-state index contributed by atoms with van der Waals surface area (Å²) in [5.74, 6) is -0.309. The van der Waals surface area contributed by atoms with Gasteiger partial charge in [-0.25, -0.2) is 9.48 Å². The van der Waals surface area contributed by atoms with Gasteiger partial charge in [0.05, 0.1) is 5.69 Å². The minimum Gasteiger partial charge on any atom is -0.458 e. The van der Waals surface area contributed by atoms with Crippen molar-refractivity contribution in [3.63, 3.8) is 0 Å². The van der Waals surface area contributed by atoms with E-state index in [0.29, 0.717) is 0 Å². The average Bonchev–Trinajstić information content (AvgIpc) is 2.90. The Balaban J connectivity index is 1.96. The smallest absolute Gasteiger partial charge is 0.331 e. The van der Waals surface area contributed by atoms with Gasteiger partial charge in [0.15, 0.2) is 0 Å². The molecule has 4 nitrogen and oxygen atoms in total. The van der Waals surface area contributed by atoms with Gasteiger partial charge in [0.25, 0.3) is 0 Å². The maximum atomic E-state index is 11.4. The van der Waals surface area contributed by atoms with Gasteiger partial charge in [-0.05, 0) is 37.6 Å². The summed E-state index contributed by atoms with van der Waals surface area (Å²) in [6.07, 6.45) is 5.09. The van der Waals surface area contributed by atoms with Crippen molar-refractivity contribution >= 4 is 5.97 Å². The molecule has 0 unspecified atom stereocenters. The highest BCUT2D eigenvalue weighted by Gasteiger charge is 2.01. The Hall–Kier alpha value is -2.36. The van der Waals surface area contributed by atoms with Gasteiger partial charge in [-0.3, -0.25) is 0 Å². The molecule has 4 heteroatoms. The predicted molar refractivity (Wildman–Crippen MR) is 72.8 cm³/mol. The third-order valence-corrected chi connectivity index (χ3v) is 2.49. The second kappa shape index (κ2) is 6.00. The highest BCUT2D eigenvalue weighted by Crippen LogP contribution is 2.09. The van der Waals surface area contributed by atoms with E-state index in [9.17, 15) is 4.79 Å². The Morgan fingerprint density at radius 2 is 2.05 bits per heavy atom. The number of benzene rings is 1. The van der Waals surface area contributed by atoms with Gasteiger partial charge < -0.3 is 4.74 Å². The van der Waals surface area contributed by atoms with Gasteiger partial charge in [-0.2, -0.15) is 5.10 Å². The summed E-state index contributed by atoms with van der Waals surface area (Å²) in [5, 5.41) is 4.15. The lowest BCUT2D eigenvalue weighted by Crippen LogP contribution is -2.02. The Morgan fingerprint density at radius 1 is 1.32 bits per heavy atom. The second-order valence-electron chi connectivity index (χ2n) is 4.45. The first kappa shape index (κ1) is 13.1. The van der Waals surface area contributed by atoms with Crippen LogP contribution in [0.5, 0.6) is 0 Å². The fraction of sp³-hybridized carbons (Fsp3) is 0.200. The summed E-state index contributed by atoms with van der Waals surface area (Å²) in [6.45, 7) is 4.00. The summed E-state index contributed by atoms with van der Waals surface area (Å²) in [6, 6.07) is 9.60. The van der Waals surface area contributed by atoms with Crippen LogP contribution in [0.1, 0.15) is 19.4 Å². The van der Waals surface area contributed by atoms with Crippen molar-refractivity contribution in [1.29, 1.82) is 0 Å². The van der Waals surface area contributed by atoms with E-state index in [1.165, 1.54) is 6.08 Å². The van der Waals surface area contributed by atoms with Gasteiger partial charge in [0.1, 0.15) is 6.61 Å². The van der Waals surface area contributed by atoms with Crippen molar-refractivity contribution < 1.29 is 9.53 Å². The monoisotopic (exact) mass is 256 g/mol. The zero-order chi connectivity index (χ0) is 13.7. The molecule has 0 radical (unpaired) electrons. The Morgan fingerprint density at radius 3 is 2.63 bits per heavy atom. The molecule has 2 aromatic rings. The lowest BCUT2D eigenvalue weighted by atomic mass is 10.2. The van der Waals surface area contributed by atoms with Crippen LogP contribution in [-0.2, 0) is 16.1 Å². The van der Waals surface area contributed by atoms with Crippen LogP contribution in [0.3, 0.4) is 0 Å². The van der Waals surface area contributed by atoms with E-state index < -0.39 is 0 Å². The van der Waals surface area contributed by atoms with Gasteiger partial charge >= 0.3 is 5.97 Å². The largest absolute Gasteiger partial charge is 0.458 e. The lowest BCUT2D eigenvalue weighted by molar-refractivity contribution is -0.139. The molecule has 1 aromatic heterocycles. The first-order valence-electron chi connectivity index (χ1n) is 6.06. The van der Waals surface area contributed by atoms with Crippen molar-refractivity contribution in [3.05, 3.63) is 59.9 Å². The molecule has 0 saturated heterocycles. The quantitative estimate of drug-likeness (QED) is 0.624. The van der Waals surface area contributed by atoms with Crippen LogP contribution in [0.25, 0.3) is 5.69 Å². The minimum absolute atomic E-state index is 0.280. The third-order valence-electron chi connectivity index (χ3n) is 2.49. The number of ether oxygens (including phenoxy) is 1. The predicted octanol–water partition coefficient (Wildman–Crippen LogP) is 2.88. The molecule has 0 bridgehead atoms. The van der Waals surface area contributed by atoms with Gasteiger partial charge in [-0.15, -0.1) is 0 Å². The van der Waals surface area contributed by atoms with Crippen LogP contribution >= 0.6 is 0 Å². The summed E-state index contributed by atoms with van der Waals surface area (Å²) >= 11 is 0. The molecule has 0 aliphatic heterocycles.